The molecular weight excluding hydrogens is 483 g/mol. The van der Waals surface area contributed by atoms with E-state index < -0.39 is 5.97 Å². The molecule has 1 saturated carbocycles. The maximum atomic E-state index is 11.8. The van der Waals surface area contributed by atoms with Crippen molar-refractivity contribution in [1.29, 1.82) is 0 Å². The molecule has 7 heteroatoms. The molecule has 0 heterocycles. The molecule has 1 rings (SSSR count). The molecule has 172 valence electrons. The van der Waals surface area contributed by atoms with Crippen LogP contribution in [-0.2, 0) is 43.7 Å². The van der Waals surface area contributed by atoms with Gasteiger partial charge in [-0.1, -0.05) is 64.2 Å². The number of unbranched alkanes of at least 4 members (excludes halogenated alkanes) is 11. The van der Waals surface area contributed by atoms with Crippen molar-refractivity contribution in [1.82, 2.24) is 0 Å². The Morgan fingerprint density at radius 2 is 0.903 bits per heavy atom. The second-order valence-electron chi connectivity index (χ2n) is 6.71. The SMILES string of the molecule is O=C([O-])CCCCCCCCCCCCCCC(=O)[C]1[CH][CH][CH][CH]1.[99Tc].[C-]#[O+].[C-]#[O+].[C-]#[O+]. The van der Waals surface area contributed by atoms with Crippen LogP contribution in [0.15, 0.2) is 0 Å². The number of carbonyl (C=O) groups excluding carboxylic acids is 2. The summed E-state index contributed by atoms with van der Waals surface area (Å²) in [7, 11) is 0. The topological polar surface area (TPSA) is 117 Å². The third kappa shape index (κ3) is 29.0. The van der Waals surface area contributed by atoms with Crippen LogP contribution in [0.4, 0.5) is 0 Å². The molecule has 0 amide bonds. The van der Waals surface area contributed by atoms with Gasteiger partial charge in [-0.3, -0.25) is 4.79 Å². The Balaban J connectivity index is -0.000000477. The molecule has 0 aromatic heterocycles. The number of carboxylic acids is 1. The van der Waals surface area contributed by atoms with Crippen LogP contribution in [0.1, 0.15) is 89.9 Å². The fourth-order valence-corrected chi connectivity index (χ4v) is 3.03. The van der Waals surface area contributed by atoms with Crippen LogP contribution in [0, 0.1) is 51.6 Å². The zero-order chi connectivity index (χ0) is 23.5. The fourth-order valence-electron chi connectivity index (χ4n) is 3.03. The van der Waals surface area contributed by atoms with Gasteiger partial charge in [-0.15, -0.1) is 0 Å². The van der Waals surface area contributed by atoms with Gasteiger partial charge in [0, 0.05) is 38.4 Å². The van der Waals surface area contributed by atoms with Gasteiger partial charge in [-0.2, -0.15) is 0 Å². The number of ketones is 1. The van der Waals surface area contributed by atoms with Gasteiger partial charge < -0.3 is 9.90 Å². The van der Waals surface area contributed by atoms with E-state index in [-0.39, 0.29) is 32.3 Å². The first-order chi connectivity index (χ1) is 14.7. The van der Waals surface area contributed by atoms with Gasteiger partial charge in [0.2, 0.25) is 0 Å². The monoisotopic (exact) mass is 515 g/mol. The van der Waals surface area contributed by atoms with Gasteiger partial charge in [0.15, 0.2) is 0 Å². The van der Waals surface area contributed by atoms with E-state index in [0.29, 0.717) is 6.42 Å². The second-order valence-corrected chi connectivity index (χ2v) is 6.71. The van der Waals surface area contributed by atoms with Crippen molar-refractivity contribution in [2.24, 2.45) is 0 Å². The molecule has 0 N–H and O–H groups in total. The Kier molecular flexibility index (Phi) is 40.5. The van der Waals surface area contributed by atoms with Crippen molar-refractivity contribution in [2.45, 2.75) is 89.9 Å². The molecule has 1 fully saturated rings. The van der Waals surface area contributed by atoms with Crippen molar-refractivity contribution in [3.05, 3.63) is 51.6 Å². The van der Waals surface area contributed by atoms with Crippen LogP contribution in [0.5, 0.6) is 0 Å². The van der Waals surface area contributed by atoms with E-state index in [2.05, 4.69) is 20.0 Å². The third-order valence-electron chi connectivity index (χ3n) is 4.52. The number of hydrogen-bond donors (Lipinski definition) is 0. The van der Waals surface area contributed by atoms with E-state index in [1.165, 1.54) is 44.9 Å². The van der Waals surface area contributed by atoms with E-state index in [1.807, 2.05) is 25.7 Å². The predicted molar refractivity (Wildman–Crippen MR) is 107 cm³/mol. The second kappa shape index (κ2) is 33.6. The molecule has 6 radical (unpaired) electrons. The average molecular weight is 515 g/mol. The predicted octanol–water partition coefficient (Wildman–Crippen LogP) is 4.06. The van der Waals surface area contributed by atoms with Gasteiger partial charge >= 0.3 is 33.9 Å². The molecule has 1 aliphatic carbocycles. The molecular formula is C24H32O6Tc-. The van der Waals surface area contributed by atoms with Crippen molar-refractivity contribution >= 4 is 11.8 Å². The molecule has 0 aliphatic heterocycles. The van der Waals surface area contributed by atoms with Crippen molar-refractivity contribution in [3.8, 4) is 0 Å². The van der Waals surface area contributed by atoms with Gasteiger partial charge in [-0.05, 0) is 44.9 Å². The van der Waals surface area contributed by atoms with E-state index >= 15 is 0 Å². The summed E-state index contributed by atoms with van der Waals surface area (Å²) in [4.78, 5) is 22.1. The molecule has 1 aliphatic rings. The van der Waals surface area contributed by atoms with Crippen LogP contribution in [0.3, 0.4) is 0 Å². The van der Waals surface area contributed by atoms with Gasteiger partial charge in [0.05, 0.1) is 0 Å². The minimum absolute atomic E-state index is 0. The zero-order valence-electron chi connectivity index (χ0n) is 18.0. The molecule has 0 saturated heterocycles. The Hall–Kier alpha value is -0.991. The normalized spacial score (nSPS) is 11.8. The quantitative estimate of drug-likeness (QED) is 0.175. The number of rotatable bonds is 16. The first kappa shape index (κ1) is 37.3. The molecule has 0 aromatic rings. The summed E-state index contributed by atoms with van der Waals surface area (Å²) in [6.45, 7) is 13.5. The maximum absolute atomic E-state index is 11.8. The summed E-state index contributed by atoms with van der Waals surface area (Å²) >= 11 is 0. The minimum atomic E-state index is -0.926. The average Bonchev–Trinajstić information content (AvgIpc) is 3.33. The summed E-state index contributed by atoms with van der Waals surface area (Å²) in [5, 5.41) is 10.3. The number of aliphatic carboxylic acids is 1. The van der Waals surface area contributed by atoms with Gasteiger partial charge in [0.25, 0.3) is 0 Å². The van der Waals surface area contributed by atoms with E-state index in [0.717, 1.165) is 38.0 Å². The van der Waals surface area contributed by atoms with Crippen molar-refractivity contribution in [3.63, 3.8) is 0 Å². The third-order valence-corrected chi connectivity index (χ3v) is 4.52. The standard InChI is InChI=1S/C21H33O3.3CO.Tc/c22-20(19-15-13-14-16-19)17-11-9-7-5-3-1-2-4-6-8-10-12-18-21(23)24;3*1-2;/h13-16H,1-12,17-18H2,(H,23,24);;;;/p-1/i;;;;1+1. The molecule has 6 nitrogen and oxygen atoms in total. The number of carboxylic acid groups (broad SMARTS) is 1. The molecule has 0 spiro atoms. The molecule has 0 atom stereocenters. The fraction of sp³-hybridized carbons (Fsp3) is 0.583. The summed E-state index contributed by atoms with van der Waals surface area (Å²) in [6, 6.07) is 0. The van der Waals surface area contributed by atoms with Crippen LogP contribution in [-0.4, -0.2) is 11.8 Å². The molecule has 0 bridgehead atoms. The summed E-state index contributed by atoms with van der Waals surface area (Å²) in [5.41, 5.74) is 0. The number of carbonyl (C=O) groups is 2. The Labute approximate surface area is 201 Å². The Morgan fingerprint density at radius 1 is 0.613 bits per heavy atom. The van der Waals surface area contributed by atoms with Crippen LogP contribution in [0.25, 0.3) is 0 Å². The van der Waals surface area contributed by atoms with Crippen molar-refractivity contribution < 1.29 is 48.8 Å². The Morgan fingerprint density at radius 3 is 1.23 bits per heavy atom. The van der Waals surface area contributed by atoms with Crippen molar-refractivity contribution in [2.75, 3.05) is 0 Å². The van der Waals surface area contributed by atoms with E-state index in [9.17, 15) is 14.7 Å². The summed E-state index contributed by atoms with van der Waals surface area (Å²) < 4.78 is 22.5. The first-order valence-corrected chi connectivity index (χ1v) is 10.3. The molecule has 0 aromatic carbocycles. The molecule has 0 unspecified atom stereocenters. The zero-order valence-corrected chi connectivity index (χ0v) is 19.9. The summed E-state index contributed by atoms with van der Waals surface area (Å²) in [6.07, 6.45) is 22.5. The van der Waals surface area contributed by atoms with Crippen LogP contribution < -0.4 is 5.11 Å². The van der Waals surface area contributed by atoms with Crippen LogP contribution >= 0.6 is 0 Å². The van der Waals surface area contributed by atoms with E-state index in [4.69, 9.17) is 14.0 Å². The molecule has 31 heavy (non-hydrogen) atoms. The number of hydrogen-bond acceptors (Lipinski definition) is 3. The number of Topliss-reactive ketones (excluding diaryl/α,β-unsaturated/α-hetero) is 1. The van der Waals surface area contributed by atoms with Crippen LogP contribution in [0.2, 0.25) is 0 Å². The van der Waals surface area contributed by atoms with Gasteiger partial charge in [-0.25, -0.2) is 0 Å². The van der Waals surface area contributed by atoms with E-state index in [1.54, 1.807) is 0 Å². The summed E-state index contributed by atoms with van der Waals surface area (Å²) in [5.74, 6) is 0.208. The Bertz CT molecular complexity index is 438. The van der Waals surface area contributed by atoms with Gasteiger partial charge in [0.1, 0.15) is 5.78 Å². The first-order valence-electron chi connectivity index (χ1n) is 10.3.